The van der Waals surface area contributed by atoms with Crippen LogP contribution in [0.15, 0.2) is 30.3 Å². The molecular weight excluding hydrogens is 266 g/mol. The highest BCUT2D eigenvalue weighted by atomic mass is 16.6. The van der Waals surface area contributed by atoms with E-state index in [0.717, 1.165) is 17.4 Å². The van der Waals surface area contributed by atoms with Crippen molar-refractivity contribution in [2.75, 3.05) is 6.54 Å². The highest BCUT2D eigenvalue weighted by Crippen LogP contribution is 2.06. The molecule has 0 radical (unpaired) electrons. The van der Waals surface area contributed by atoms with Gasteiger partial charge in [0.1, 0.15) is 11.9 Å². The SMILES string of the molecule is CC(C)(C)OC(=O)NCC#Cc1ccc(/C=C/C=O)cc1. The summed E-state index contributed by atoms with van der Waals surface area (Å²) < 4.78 is 5.09. The van der Waals surface area contributed by atoms with Crippen LogP contribution in [-0.2, 0) is 9.53 Å². The Hall–Kier alpha value is -2.54. The molecule has 1 aromatic rings. The van der Waals surface area contributed by atoms with Gasteiger partial charge in [0.25, 0.3) is 0 Å². The van der Waals surface area contributed by atoms with Crippen LogP contribution in [0.5, 0.6) is 0 Å². The highest BCUT2D eigenvalue weighted by Gasteiger charge is 2.14. The zero-order valence-electron chi connectivity index (χ0n) is 12.5. The Morgan fingerprint density at radius 1 is 1.29 bits per heavy atom. The largest absolute Gasteiger partial charge is 0.444 e. The zero-order valence-corrected chi connectivity index (χ0v) is 12.5. The number of carbonyl (C=O) groups is 2. The summed E-state index contributed by atoms with van der Waals surface area (Å²) in [6.07, 6.45) is 3.40. The zero-order chi connectivity index (χ0) is 15.7. The van der Waals surface area contributed by atoms with Crippen LogP contribution < -0.4 is 5.32 Å². The Labute approximate surface area is 125 Å². The summed E-state index contributed by atoms with van der Waals surface area (Å²) in [5, 5.41) is 2.56. The lowest BCUT2D eigenvalue weighted by atomic mass is 10.1. The normalized spacial score (nSPS) is 10.6. The van der Waals surface area contributed by atoms with Crippen LogP contribution >= 0.6 is 0 Å². The minimum atomic E-state index is -0.512. The van der Waals surface area contributed by atoms with Gasteiger partial charge in [-0.1, -0.05) is 30.0 Å². The molecule has 0 atom stereocenters. The molecule has 4 heteroatoms. The number of benzene rings is 1. The molecule has 1 rings (SSSR count). The van der Waals surface area contributed by atoms with Crippen molar-refractivity contribution in [3.8, 4) is 11.8 Å². The molecule has 0 aliphatic heterocycles. The van der Waals surface area contributed by atoms with E-state index in [-0.39, 0.29) is 6.54 Å². The van der Waals surface area contributed by atoms with Crippen LogP contribution in [0.3, 0.4) is 0 Å². The number of nitrogens with one attached hydrogen (secondary N) is 1. The van der Waals surface area contributed by atoms with E-state index in [0.29, 0.717) is 0 Å². The Kier molecular flexibility index (Phi) is 6.22. The average Bonchev–Trinajstić information content (AvgIpc) is 2.41. The Morgan fingerprint density at radius 2 is 1.95 bits per heavy atom. The topological polar surface area (TPSA) is 55.4 Å². The third-order valence-electron chi connectivity index (χ3n) is 2.23. The summed E-state index contributed by atoms with van der Waals surface area (Å²) in [4.78, 5) is 21.6. The molecule has 1 aromatic carbocycles. The second-order valence-corrected chi connectivity index (χ2v) is 5.27. The van der Waals surface area contributed by atoms with Crippen molar-refractivity contribution in [1.29, 1.82) is 0 Å². The molecule has 0 saturated heterocycles. The third-order valence-corrected chi connectivity index (χ3v) is 2.23. The van der Waals surface area contributed by atoms with Gasteiger partial charge in [0.05, 0.1) is 6.54 Å². The smallest absolute Gasteiger partial charge is 0.408 e. The molecular formula is C17H19NO3. The summed E-state index contributed by atoms with van der Waals surface area (Å²) in [6.45, 7) is 5.64. The lowest BCUT2D eigenvalue weighted by molar-refractivity contribution is -0.104. The number of carbonyl (C=O) groups excluding carboxylic acids is 2. The fraction of sp³-hybridized carbons (Fsp3) is 0.294. The number of allylic oxidation sites excluding steroid dienone is 1. The first kappa shape index (κ1) is 16.5. The van der Waals surface area contributed by atoms with Gasteiger partial charge in [-0.2, -0.15) is 0 Å². The molecule has 0 aliphatic rings. The second-order valence-electron chi connectivity index (χ2n) is 5.27. The summed E-state index contributed by atoms with van der Waals surface area (Å²) in [5.41, 5.74) is 1.26. The lowest BCUT2D eigenvalue weighted by Crippen LogP contribution is -2.32. The van der Waals surface area contributed by atoms with E-state index in [1.54, 1.807) is 26.8 Å². The molecule has 21 heavy (non-hydrogen) atoms. The van der Waals surface area contributed by atoms with Crippen molar-refractivity contribution in [3.63, 3.8) is 0 Å². The Balaban J connectivity index is 2.46. The van der Waals surface area contributed by atoms with Crippen LogP contribution in [0.4, 0.5) is 4.79 Å². The molecule has 0 bridgehead atoms. The summed E-state index contributed by atoms with van der Waals surface area (Å²) in [7, 11) is 0. The van der Waals surface area contributed by atoms with Gasteiger partial charge in [-0.25, -0.2) is 4.79 Å². The molecule has 0 fully saturated rings. The van der Waals surface area contributed by atoms with Crippen LogP contribution in [0.1, 0.15) is 31.9 Å². The molecule has 0 saturated carbocycles. The fourth-order valence-corrected chi connectivity index (χ4v) is 1.40. The predicted molar refractivity (Wildman–Crippen MR) is 82.7 cm³/mol. The first-order valence-corrected chi connectivity index (χ1v) is 6.58. The number of hydrogen-bond acceptors (Lipinski definition) is 3. The quantitative estimate of drug-likeness (QED) is 0.528. The molecule has 0 spiro atoms. The maximum Gasteiger partial charge on any atom is 0.408 e. The highest BCUT2D eigenvalue weighted by molar-refractivity contribution is 5.73. The molecule has 4 nitrogen and oxygen atoms in total. The van der Waals surface area contributed by atoms with Gasteiger partial charge in [0, 0.05) is 5.56 Å². The number of alkyl carbamates (subject to hydrolysis) is 1. The van der Waals surface area contributed by atoms with Crippen molar-refractivity contribution in [1.82, 2.24) is 5.32 Å². The molecule has 0 aromatic heterocycles. The van der Waals surface area contributed by atoms with Crippen molar-refractivity contribution in [2.45, 2.75) is 26.4 Å². The summed E-state index contributed by atoms with van der Waals surface area (Å²) >= 11 is 0. The van der Waals surface area contributed by atoms with E-state index in [2.05, 4.69) is 17.2 Å². The van der Waals surface area contributed by atoms with Gasteiger partial charge in [0.2, 0.25) is 0 Å². The van der Waals surface area contributed by atoms with Crippen molar-refractivity contribution in [3.05, 3.63) is 41.5 Å². The number of aldehydes is 1. The molecule has 0 heterocycles. The third kappa shape index (κ3) is 7.58. The van der Waals surface area contributed by atoms with E-state index in [4.69, 9.17) is 4.74 Å². The summed E-state index contributed by atoms with van der Waals surface area (Å²) in [6, 6.07) is 7.44. The molecule has 1 N–H and O–H groups in total. The summed E-state index contributed by atoms with van der Waals surface area (Å²) in [5.74, 6) is 5.78. The minimum Gasteiger partial charge on any atom is -0.444 e. The minimum absolute atomic E-state index is 0.224. The Bertz CT molecular complexity index is 569. The first-order chi connectivity index (χ1) is 9.90. The lowest BCUT2D eigenvalue weighted by Gasteiger charge is -2.18. The number of ether oxygens (including phenoxy) is 1. The van der Waals surface area contributed by atoms with E-state index in [1.165, 1.54) is 6.08 Å². The van der Waals surface area contributed by atoms with Crippen LogP contribution in [0.2, 0.25) is 0 Å². The fourth-order valence-electron chi connectivity index (χ4n) is 1.40. The van der Waals surface area contributed by atoms with Crippen molar-refractivity contribution in [2.24, 2.45) is 0 Å². The van der Waals surface area contributed by atoms with Crippen LogP contribution in [0.25, 0.3) is 6.08 Å². The molecule has 0 unspecified atom stereocenters. The standard InChI is InChI=1S/C17H19NO3/c1-17(2,3)21-16(20)18-12-4-6-14-8-10-15(11-9-14)7-5-13-19/h5,7-11,13H,12H2,1-3H3,(H,18,20)/b7-5+. The first-order valence-electron chi connectivity index (χ1n) is 6.58. The van der Waals surface area contributed by atoms with Gasteiger partial charge >= 0.3 is 6.09 Å². The van der Waals surface area contributed by atoms with Gasteiger partial charge in [0.15, 0.2) is 0 Å². The monoisotopic (exact) mass is 285 g/mol. The van der Waals surface area contributed by atoms with Gasteiger partial charge in [-0.15, -0.1) is 0 Å². The predicted octanol–water partition coefficient (Wildman–Crippen LogP) is 2.77. The van der Waals surface area contributed by atoms with Gasteiger partial charge < -0.3 is 10.1 Å². The maximum absolute atomic E-state index is 11.4. The Morgan fingerprint density at radius 3 is 2.52 bits per heavy atom. The maximum atomic E-state index is 11.4. The van der Waals surface area contributed by atoms with Crippen LogP contribution in [-0.4, -0.2) is 24.5 Å². The average molecular weight is 285 g/mol. The second kappa shape index (κ2) is 7.91. The van der Waals surface area contributed by atoms with Gasteiger partial charge in [-0.05, 0) is 44.5 Å². The van der Waals surface area contributed by atoms with Crippen LogP contribution in [0, 0.1) is 11.8 Å². The number of amides is 1. The van der Waals surface area contributed by atoms with Gasteiger partial charge in [-0.3, -0.25) is 4.79 Å². The number of rotatable bonds is 3. The molecule has 110 valence electrons. The van der Waals surface area contributed by atoms with Crippen molar-refractivity contribution >= 4 is 18.5 Å². The van der Waals surface area contributed by atoms with Crippen molar-refractivity contribution < 1.29 is 14.3 Å². The number of hydrogen-bond donors (Lipinski definition) is 1. The van der Waals surface area contributed by atoms with E-state index >= 15 is 0 Å². The van der Waals surface area contributed by atoms with E-state index in [9.17, 15) is 9.59 Å². The molecule has 0 aliphatic carbocycles. The molecule has 1 amide bonds. The van der Waals surface area contributed by atoms with E-state index in [1.807, 2.05) is 24.3 Å². The van der Waals surface area contributed by atoms with E-state index < -0.39 is 11.7 Å².